The summed E-state index contributed by atoms with van der Waals surface area (Å²) in [5.74, 6) is -1.48. The molecule has 2 heterocycles. The summed E-state index contributed by atoms with van der Waals surface area (Å²) in [6.45, 7) is -0.284. The Morgan fingerprint density at radius 1 is 1.26 bits per heavy atom. The van der Waals surface area contributed by atoms with Crippen molar-refractivity contribution in [3.05, 3.63) is 56.9 Å². The average Bonchev–Trinajstić information content (AvgIpc) is 3.31. The van der Waals surface area contributed by atoms with Crippen LogP contribution in [0.3, 0.4) is 0 Å². The molecule has 4 rings (SSSR count). The highest BCUT2D eigenvalue weighted by molar-refractivity contribution is 7.17. The number of aryl methyl sites for hydroxylation is 1. The minimum atomic E-state index is -0.729. The van der Waals surface area contributed by atoms with Gasteiger partial charge in [-0.25, -0.2) is 9.36 Å². The number of amides is 2. The Kier molecular flexibility index (Phi) is 4.36. The first kappa shape index (κ1) is 17.2. The molecule has 0 saturated heterocycles. The van der Waals surface area contributed by atoms with Crippen LogP contribution in [0.25, 0.3) is 11.4 Å². The number of fused-ring (bicyclic) bond motifs is 1. The Balaban J connectivity index is 1.59. The van der Waals surface area contributed by atoms with E-state index in [0.29, 0.717) is 16.1 Å². The predicted molar refractivity (Wildman–Crippen MR) is 99.7 cm³/mol. The Labute approximate surface area is 157 Å². The second kappa shape index (κ2) is 6.84. The summed E-state index contributed by atoms with van der Waals surface area (Å²) >= 11 is 1.36. The van der Waals surface area contributed by atoms with Crippen LogP contribution in [-0.4, -0.2) is 21.5 Å². The standard InChI is InChI=1S/C18H16N4O4S/c19-15(24)14-11-7-4-8-12(11)27-17(14)20-13(23)9-22-16(21-26-18(22)25)10-5-2-1-3-6-10/h1-3,5-6H,4,7-9H2,(H2,19,24)(H,20,23). The summed E-state index contributed by atoms with van der Waals surface area (Å²) < 4.78 is 5.87. The normalized spacial score (nSPS) is 12.7. The molecule has 1 aliphatic carbocycles. The Bertz CT molecular complexity index is 1080. The molecule has 3 N–H and O–H groups in total. The maximum Gasteiger partial charge on any atom is 0.442 e. The Morgan fingerprint density at radius 2 is 2.04 bits per heavy atom. The molecule has 1 aromatic carbocycles. The van der Waals surface area contributed by atoms with E-state index < -0.39 is 17.6 Å². The SMILES string of the molecule is NC(=O)c1c(NC(=O)Cn2c(-c3ccccc3)noc2=O)sc2c1CCC2. The number of anilines is 1. The number of nitrogens with zero attached hydrogens (tertiary/aromatic N) is 2. The van der Waals surface area contributed by atoms with E-state index in [1.54, 1.807) is 24.3 Å². The number of rotatable bonds is 5. The van der Waals surface area contributed by atoms with Gasteiger partial charge in [-0.05, 0) is 24.8 Å². The molecule has 0 bridgehead atoms. The maximum atomic E-state index is 12.5. The number of thiophene rings is 1. The molecule has 8 nitrogen and oxygen atoms in total. The monoisotopic (exact) mass is 384 g/mol. The molecular formula is C18H16N4O4S. The predicted octanol–water partition coefficient (Wildman–Crippen LogP) is 1.79. The fraction of sp³-hybridized carbons (Fsp3) is 0.222. The fourth-order valence-electron chi connectivity index (χ4n) is 3.27. The highest BCUT2D eigenvalue weighted by atomic mass is 32.1. The summed E-state index contributed by atoms with van der Waals surface area (Å²) in [6, 6.07) is 8.96. The molecule has 2 aromatic heterocycles. The summed E-state index contributed by atoms with van der Waals surface area (Å²) in [5.41, 5.74) is 7.46. The van der Waals surface area contributed by atoms with E-state index in [2.05, 4.69) is 10.5 Å². The third kappa shape index (κ3) is 3.17. The molecule has 0 unspecified atom stereocenters. The van der Waals surface area contributed by atoms with Crippen LogP contribution in [0.1, 0.15) is 27.2 Å². The molecule has 0 radical (unpaired) electrons. The van der Waals surface area contributed by atoms with Crippen molar-refractivity contribution < 1.29 is 14.1 Å². The van der Waals surface area contributed by atoms with Crippen molar-refractivity contribution in [3.8, 4) is 11.4 Å². The van der Waals surface area contributed by atoms with Crippen molar-refractivity contribution in [2.45, 2.75) is 25.8 Å². The molecule has 0 atom stereocenters. The molecule has 1 aliphatic rings. The average molecular weight is 384 g/mol. The zero-order chi connectivity index (χ0) is 19.0. The van der Waals surface area contributed by atoms with Gasteiger partial charge in [0.2, 0.25) is 5.91 Å². The van der Waals surface area contributed by atoms with E-state index in [-0.39, 0.29) is 12.4 Å². The van der Waals surface area contributed by atoms with Crippen molar-refractivity contribution in [2.24, 2.45) is 5.73 Å². The zero-order valence-electron chi connectivity index (χ0n) is 14.2. The number of hydrogen-bond acceptors (Lipinski definition) is 6. The van der Waals surface area contributed by atoms with Crippen LogP contribution in [0, 0.1) is 0 Å². The van der Waals surface area contributed by atoms with Gasteiger partial charge >= 0.3 is 5.76 Å². The van der Waals surface area contributed by atoms with Gasteiger partial charge in [0.15, 0.2) is 5.82 Å². The van der Waals surface area contributed by atoms with Crippen LogP contribution in [0.2, 0.25) is 0 Å². The van der Waals surface area contributed by atoms with E-state index in [9.17, 15) is 14.4 Å². The van der Waals surface area contributed by atoms with E-state index >= 15 is 0 Å². The number of aromatic nitrogens is 2. The number of primary amides is 1. The molecule has 0 aliphatic heterocycles. The van der Waals surface area contributed by atoms with Gasteiger partial charge < -0.3 is 11.1 Å². The van der Waals surface area contributed by atoms with Crippen LogP contribution in [0.5, 0.6) is 0 Å². The second-order valence-electron chi connectivity index (χ2n) is 6.20. The van der Waals surface area contributed by atoms with Crippen molar-refractivity contribution in [1.82, 2.24) is 9.72 Å². The van der Waals surface area contributed by atoms with Gasteiger partial charge in [-0.2, -0.15) is 0 Å². The largest absolute Gasteiger partial charge is 0.442 e. The maximum absolute atomic E-state index is 12.5. The zero-order valence-corrected chi connectivity index (χ0v) is 15.0. The van der Waals surface area contributed by atoms with Crippen molar-refractivity contribution in [3.63, 3.8) is 0 Å². The molecule has 138 valence electrons. The first-order valence-electron chi connectivity index (χ1n) is 8.40. The lowest BCUT2D eigenvalue weighted by atomic mass is 10.1. The van der Waals surface area contributed by atoms with E-state index in [4.69, 9.17) is 10.3 Å². The minimum Gasteiger partial charge on any atom is -0.365 e. The molecule has 27 heavy (non-hydrogen) atoms. The smallest absolute Gasteiger partial charge is 0.365 e. The van der Waals surface area contributed by atoms with Crippen LogP contribution in [0.4, 0.5) is 5.00 Å². The molecule has 0 spiro atoms. The van der Waals surface area contributed by atoms with Crippen LogP contribution in [-0.2, 0) is 24.2 Å². The summed E-state index contributed by atoms with van der Waals surface area (Å²) in [7, 11) is 0. The van der Waals surface area contributed by atoms with Gasteiger partial charge in [0.25, 0.3) is 5.91 Å². The van der Waals surface area contributed by atoms with Crippen LogP contribution < -0.4 is 16.8 Å². The highest BCUT2D eigenvalue weighted by Gasteiger charge is 2.26. The first-order chi connectivity index (χ1) is 13.0. The lowest BCUT2D eigenvalue weighted by molar-refractivity contribution is -0.116. The number of nitrogens with one attached hydrogen (secondary N) is 1. The first-order valence-corrected chi connectivity index (χ1v) is 9.22. The topological polar surface area (TPSA) is 120 Å². The molecule has 2 amide bonds. The third-order valence-electron chi connectivity index (χ3n) is 4.44. The number of carbonyl (C=O) groups is 2. The van der Waals surface area contributed by atoms with Crippen LogP contribution >= 0.6 is 11.3 Å². The van der Waals surface area contributed by atoms with Crippen LogP contribution in [0.15, 0.2) is 39.6 Å². The Hall–Kier alpha value is -3.20. The second-order valence-corrected chi connectivity index (χ2v) is 7.30. The van der Waals surface area contributed by atoms with Gasteiger partial charge in [0.05, 0.1) is 5.56 Å². The third-order valence-corrected chi connectivity index (χ3v) is 5.65. The van der Waals surface area contributed by atoms with Gasteiger partial charge in [0, 0.05) is 10.4 Å². The number of carbonyl (C=O) groups excluding carboxylic acids is 2. The quantitative estimate of drug-likeness (QED) is 0.695. The lowest BCUT2D eigenvalue weighted by Gasteiger charge is -2.07. The van der Waals surface area contributed by atoms with Gasteiger partial charge in [-0.3, -0.25) is 14.1 Å². The van der Waals surface area contributed by atoms with E-state index in [1.165, 1.54) is 11.3 Å². The lowest BCUT2D eigenvalue weighted by Crippen LogP contribution is -2.26. The Morgan fingerprint density at radius 3 is 2.78 bits per heavy atom. The van der Waals surface area contributed by atoms with Crippen molar-refractivity contribution in [1.29, 1.82) is 0 Å². The number of nitrogens with two attached hydrogens (primary N) is 1. The van der Waals surface area contributed by atoms with Gasteiger partial charge in [0.1, 0.15) is 11.5 Å². The summed E-state index contributed by atoms with van der Waals surface area (Å²) in [5, 5.41) is 6.90. The van der Waals surface area contributed by atoms with E-state index in [1.807, 2.05) is 6.07 Å². The number of benzene rings is 1. The summed E-state index contributed by atoms with van der Waals surface area (Å²) in [4.78, 5) is 37.4. The highest BCUT2D eigenvalue weighted by Crippen LogP contribution is 2.38. The van der Waals surface area contributed by atoms with Crippen molar-refractivity contribution >= 4 is 28.2 Å². The summed E-state index contributed by atoms with van der Waals surface area (Å²) in [6.07, 6.45) is 2.63. The van der Waals surface area contributed by atoms with Crippen molar-refractivity contribution in [2.75, 3.05) is 5.32 Å². The van der Waals surface area contributed by atoms with Gasteiger partial charge in [-0.15, -0.1) is 11.3 Å². The van der Waals surface area contributed by atoms with Gasteiger partial charge in [-0.1, -0.05) is 35.5 Å². The molecule has 9 heteroatoms. The minimum absolute atomic E-state index is 0.263. The molecular weight excluding hydrogens is 368 g/mol. The molecule has 0 saturated carbocycles. The molecule has 3 aromatic rings. The number of hydrogen-bond donors (Lipinski definition) is 2. The van der Waals surface area contributed by atoms with E-state index in [0.717, 1.165) is 34.3 Å². The fourth-order valence-corrected chi connectivity index (χ4v) is 4.58. The molecule has 0 fully saturated rings.